The van der Waals surface area contributed by atoms with E-state index >= 15 is 0 Å². The topological polar surface area (TPSA) is 58.6 Å². The maximum absolute atomic E-state index is 6.62. The van der Waals surface area contributed by atoms with Gasteiger partial charge in [0.05, 0.1) is 29.1 Å². The van der Waals surface area contributed by atoms with E-state index in [9.17, 15) is 0 Å². The molecular weight excluding hydrogens is 526 g/mol. The summed E-state index contributed by atoms with van der Waals surface area (Å²) in [5.41, 5.74) is 5.82. The van der Waals surface area contributed by atoms with E-state index < -0.39 is 0 Å². The monoisotopic (exact) mass is 564 g/mol. The van der Waals surface area contributed by atoms with Crippen LogP contribution in [0.5, 0.6) is 23.0 Å². The summed E-state index contributed by atoms with van der Waals surface area (Å²) in [6.07, 6.45) is 10.7. The number of unbranched alkanes of at least 4 members (excludes halogenated alkanes) is 5. The Balaban J connectivity index is 1.20. The van der Waals surface area contributed by atoms with Gasteiger partial charge in [0, 0.05) is 19.0 Å². The molecule has 2 aliphatic rings. The van der Waals surface area contributed by atoms with Gasteiger partial charge < -0.3 is 23.5 Å². The maximum atomic E-state index is 6.62. The van der Waals surface area contributed by atoms with Crippen molar-refractivity contribution in [2.75, 3.05) is 13.9 Å². The second kappa shape index (κ2) is 11.6. The molecule has 0 N–H and O–H groups in total. The summed E-state index contributed by atoms with van der Waals surface area (Å²) in [6.45, 7) is 4.73. The van der Waals surface area contributed by atoms with Crippen LogP contribution in [0.15, 0.2) is 60.8 Å². The van der Waals surface area contributed by atoms with Gasteiger partial charge in [-0.3, -0.25) is 0 Å². The van der Waals surface area contributed by atoms with E-state index in [2.05, 4.69) is 70.8 Å². The van der Waals surface area contributed by atoms with Gasteiger partial charge in [-0.05, 0) is 53.8 Å². The van der Waals surface area contributed by atoms with Gasteiger partial charge in [-0.15, -0.1) is 0 Å². The third-order valence-electron chi connectivity index (χ3n) is 8.61. The van der Waals surface area contributed by atoms with Gasteiger partial charge >= 0.3 is 0 Å². The Bertz CT molecular complexity index is 1760. The number of ether oxygens (including phenoxy) is 4. The molecular formula is C35H38N3O4+. The second-order valence-corrected chi connectivity index (χ2v) is 11.3. The molecule has 7 rings (SSSR count). The Morgan fingerprint density at radius 3 is 2.67 bits per heavy atom. The predicted octanol–water partition coefficient (Wildman–Crippen LogP) is 7.38. The maximum Gasteiger partial charge on any atom is 0.231 e. The lowest BCUT2D eigenvalue weighted by Gasteiger charge is -2.18. The Labute approximate surface area is 246 Å². The van der Waals surface area contributed by atoms with Crippen LogP contribution in [0.3, 0.4) is 0 Å². The van der Waals surface area contributed by atoms with Crippen molar-refractivity contribution in [3.8, 4) is 34.3 Å². The van der Waals surface area contributed by atoms with E-state index in [1.807, 2.05) is 6.07 Å². The molecule has 216 valence electrons. The summed E-state index contributed by atoms with van der Waals surface area (Å²) >= 11 is 0. The lowest BCUT2D eigenvalue weighted by atomic mass is 9.95. The van der Waals surface area contributed by atoms with Crippen LogP contribution in [0.4, 0.5) is 0 Å². The number of pyridine rings is 1. The van der Waals surface area contributed by atoms with Crippen molar-refractivity contribution in [3.63, 3.8) is 0 Å². The summed E-state index contributed by atoms with van der Waals surface area (Å²) in [5.74, 6) is 4.07. The van der Waals surface area contributed by atoms with Crippen LogP contribution in [0.2, 0.25) is 0 Å². The SMILES string of the molecule is CCCCCCCCn1c(COc2c(OC)ccc3cc4[n+](cc23)CCc2cc3c(cc2-4)OCO3)nc2ccccc21. The lowest BCUT2D eigenvalue weighted by Crippen LogP contribution is -2.40. The summed E-state index contributed by atoms with van der Waals surface area (Å²) in [4.78, 5) is 4.99. The Hall–Kier alpha value is -4.26. The zero-order chi connectivity index (χ0) is 28.5. The first-order valence-corrected chi connectivity index (χ1v) is 15.3. The van der Waals surface area contributed by atoms with Crippen molar-refractivity contribution in [1.82, 2.24) is 9.55 Å². The summed E-state index contributed by atoms with van der Waals surface area (Å²) in [6, 6.07) is 19.0. The number of aryl methyl sites for hydroxylation is 3. The average molecular weight is 565 g/mol. The average Bonchev–Trinajstić information content (AvgIpc) is 3.63. The van der Waals surface area contributed by atoms with Crippen LogP contribution in [0.25, 0.3) is 33.1 Å². The smallest absolute Gasteiger partial charge is 0.231 e. The number of para-hydroxylation sites is 2. The van der Waals surface area contributed by atoms with Gasteiger partial charge in [0.15, 0.2) is 35.7 Å². The highest BCUT2D eigenvalue weighted by atomic mass is 16.7. The van der Waals surface area contributed by atoms with Crippen LogP contribution in [-0.2, 0) is 26.1 Å². The number of methoxy groups -OCH3 is 1. The first kappa shape index (κ1) is 26.6. The first-order valence-electron chi connectivity index (χ1n) is 15.3. The minimum atomic E-state index is 0.281. The van der Waals surface area contributed by atoms with Crippen molar-refractivity contribution in [3.05, 3.63) is 72.2 Å². The normalized spacial score (nSPS) is 13.4. The van der Waals surface area contributed by atoms with Crippen molar-refractivity contribution in [1.29, 1.82) is 0 Å². The largest absolute Gasteiger partial charge is 0.493 e. The lowest BCUT2D eigenvalue weighted by molar-refractivity contribution is -0.686. The number of rotatable bonds is 11. The molecule has 4 heterocycles. The van der Waals surface area contributed by atoms with Crippen LogP contribution >= 0.6 is 0 Å². The minimum Gasteiger partial charge on any atom is -0.493 e. The Morgan fingerprint density at radius 1 is 0.952 bits per heavy atom. The highest BCUT2D eigenvalue weighted by molar-refractivity contribution is 5.91. The number of benzene rings is 3. The van der Waals surface area contributed by atoms with Crippen molar-refractivity contribution < 1.29 is 23.5 Å². The fourth-order valence-electron chi connectivity index (χ4n) is 6.38. The number of fused-ring (bicyclic) bond motifs is 6. The standard InChI is InChI=1S/C35H38N3O4/c1-3-4-5-6-7-10-16-38-29-12-9-8-11-28(29)36-34(38)22-40-35-27-21-37-17-15-25-19-32-33(42-23-41-32)20-26(25)30(37)18-24(27)13-14-31(35)39-2/h8-9,11-14,18-21H,3-7,10,15-17,22-23H2,1-2H3/q+1. The van der Waals surface area contributed by atoms with Crippen LogP contribution < -0.4 is 23.5 Å². The number of imidazole rings is 1. The van der Waals surface area contributed by atoms with Gasteiger partial charge in [-0.25, -0.2) is 4.98 Å². The molecule has 0 fully saturated rings. The van der Waals surface area contributed by atoms with Gasteiger partial charge in [-0.2, -0.15) is 4.57 Å². The van der Waals surface area contributed by atoms with E-state index in [0.29, 0.717) is 6.61 Å². The molecule has 2 aliphatic heterocycles. The summed E-state index contributed by atoms with van der Waals surface area (Å²) < 4.78 is 28.4. The molecule has 3 aromatic carbocycles. The highest BCUT2D eigenvalue weighted by Crippen LogP contribution is 2.42. The van der Waals surface area contributed by atoms with E-state index in [1.54, 1.807) is 7.11 Å². The van der Waals surface area contributed by atoms with Crippen molar-refractivity contribution >= 4 is 21.8 Å². The van der Waals surface area contributed by atoms with Crippen molar-refractivity contribution in [2.45, 2.75) is 71.6 Å². The van der Waals surface area contributed by atoms with Gasteiger partial charge in [-0.1, -0.05) is 51.2 Å². The first-order chi connectivity index (χ1) is 20.7. The molecule has 0 spiro atoms. The molecule has 0 unspecified atom stereocenters. The summed E-state index contributed by atoms with van der Waals surface area (Å²) in [7, 11) is 1.70. The fourth-order valence-corrected chi connectivity index (χ4v) is 6.38. The molecule has 7 nitrogen and oxygen atoms in total. The van der Waals surface area contributed by atoms with Crippen LogP contribution in [0, 0.1) is 0 Å². The zero-order valence-electron chi connectivity index (χ0n) is 24.5. The molecule has 0 saturated carbocycles. The van der Waals surface area contributed by atoms with E-state index in [0.717, 1.165) is 71.0 Å². The molecule has 0 radical (unpaired) electrons. The Kier molecular flexibility index (Phi) is 7.32. The van der Waals surface area contributed by atoms with Crippen LogP contribution in [-0.4, -0.2) is 23.5 Å². The molecule has 42 heavy (non-hydrogen) atoms. The second-order valence-electron chi connectivity index (χ2n) is 11.3. The van der Waals surface area contributed by atoms with Crippen LogP contribution in [0.1, 0.15) is 56.8 Å². The third kappa shape index (κ3) is 4.91. The quantitative estimate of drug-likeness (QED) is 0.124. The van der Waals surface area contributed by atoms with E-state index in [1.165, 1.54) is 54.4 Å². The molecule has 0 aliphatic carbocycles. The van der Waals surface area contributed by atoms with E-state index in [4.69, 9.17) is 23.9 Å². The predicted molar refractivity (Wildman–Crippen MR) is 163 cm³/mol. The number of aromatic nitrogens is 3. The van der Waals surface area contributed by atoms with Gasteiger partial charge in [0.25, 0.3) is 0 Å². The Morgan fingerprint density at radius 2 is 1.79 bits per heavy atom. The number of hydrogen-bond acceptors (Lipinski definition) is 5. The molecule has 0 bridgehead atoms. The third-order valence-corrected chi connectivity index (χ3v) is 8.61. The minimum absolute atomic E-state index is 0.281. The molecule has 5 aromatic rings. The highest BCUT2D eigenvalue weighted by Gasteiger charge is 2.29. The molecule has 0 atom stereocenters. The van der Waals surface area contributed by atoms with Gasteiger partial charge in [0.1, 0.15) is 12.4 Å². The molecule has 0 amide bonds. The molecule has 7 heteroatoms. The van der Waals surface area contributed by atoms with Gasteiger partial charge in [0.2, 0.25) is 12.5 Å². The summed E-state index contributed by atoms with van der Waals surface area (Å²) in [5, 5.41) is 2.13. The van der Waals surface area contributed by atoms with Crippen molar-refractivity contribution in [2.24, 2.45) is 0 Å². The zero-order valence-corrected chi connectivity index (χ0v) is 24.5. The molecule has 0 saturated heterocycles. The fraction of sp³-hybridized carbons (Fsp3) is 0.371. The van der Waals surface area contributed by atoms with E-state index in [-0.39, 0.29) is 6.79 Å². The number of nitrogens with zero attached hydrogens (tertiary/aromatic N) is 3. The number of hydrogen-bond donors (Lipinski definition) is 0. The molecule has 2 aromatic heterocycles.